The van der Waals surface area contributed by atoms with Crippen LogP contribution in [0.2, 0.25) is 0 Å². The monoisotopic (exact) mass is 893 g/mol. The predicted octanol–water partition coefficient (Wildman–Crippen LogP) is 14.7. The molecular weight excluding hydrogens is 843 g/mol. The summed E-state index contributed by atoms with van der Waals surface area (Å²) in [5.74, 6) is 0. The predicted molar refractivity (Wildman–Crippen MR) is 290 cm³/mol. The molecule has 1 aliphatic heterocycles. The number of aryl methyl sites for hydroxylation is 1. The molecule has 0 spiro atoms. The van der Waals surface area contributed by atoms with Gasteiger partial charge in [0.05, 0.1) is 11.0 Å². The largest absolute Gasteiger partial charge is 0.456 e. The maximum Gasteiger partial charge on any atom is 0.137 e. The molecule has 0 aliphatic carbocycles. The average molecular weight is 894 g/mol. The van der Waals surface area contributed by atoms with Crippen molar-refractivity contribution in [1.29, 1.82) is 0 Å². The first-order valence-corrected chi connectivity index (χ1v) is 23.5. The zero-order valence-electron chi connectivity index (χ0n) is 38.8. The maximum absolute atomic E-state index is 6.46. The summed E-state index contributed by atoms with van der Waals surface area (Å²) in [6.07, 6.45) is 6.00. The number of allylic oxidation sites excluding steroid dienone is 1. The minimum Gasteiger partial charge on any atom is -0.456 e. The Labute approximate surface area is 401 Å². The molecule has 13 rings (SSSR count). The van der Waals surface area contributed by atoms with Crippen LogP contribution in [-0.4, -0.2) is 11.6 Å². The maximum atomic E-state index is 6.46. The van der Waals surface area contributed by atoms with Crippen LogP contribution >= 0.6 is 0 Å². The van der Waals surface area contributed by atoms with Crippen molar-refractivity contribution in [1.82, 2.24) is 4.57 Å². The second-order valence-corrected chi connectivity index (χ2v) is 17.4. The summed E-state index contributed by atoms with van der Waals surface area (Å²) in [6.45, 7) is 6.69. The van der Waals surface area contributed by atoms with Gasteiger partial charge in [-0.05, 0) is 121 Å². The third-order valence-corrected chi connectivity index (χ3v) is 13.1. The molecule has 0 fully saturated rings. The van der Waals surface area contributed by atoms with Crippen molar-refractivity contribution in [3.63, 3.8) is 0 Å². The lowest BCUT2D eigenvalue weighted by molar-refractivity contribution is 0.575. The minimum absolute atomic E-state index is 0.720. The number of nitrogens with zero attached hydrogens (tertiary/aromatic N) is 2. The van der Waals surface area contributed by atoms with E-state index in [-0.39, 0.29) is 0 Å². The molecule has 0 amide bonds. The van der Waals surface area contributed by atoms with Gasteiger partial charge in [-0.25, -0.2) is 0 Å². The summed E-state index contributed by atoms with van der Waals surface area (Å²) in [7, 11) is 1.50. The zero-order chi connectivity index (χ0) is 46.8. The highest BCUT2D eigenvalue weighted by Crippen LogP contribution is 2.41. The molecule has 1 aliphatic rings. The molecule has 0 radical (unpaired) electrons. The Bertz CT molecular complexity index is 3940. The smallest absolute Gasteiger partial charge is 0.137 e. The summed E-state index contributed by atoms with van der Waals surface area (Å²) in [6, 6.07) is 75.3. The fourth-order valence-corrected chi connectivity index (χ4v) is 9.84. The van der Waals surface area contributed by atoms with Crippen LogP contribution in [0.15, 0.2) is 233 Å². The lowest BCUT2D eigenvalue weighted by Gasteiger charge is -2.27. The van der Waals surface area contributed by atoms with Crippen LogP contribution < -0.4 is 21.3 Å². The first-order valence-electron chi connectivity index (χ1n) is 23.5. The first-order chi connectivity index (χ1) is 34.0. The topological polar surface area (TPSA) is 60.5 Å². The molecule has 12 aromatic rings. The fourth-order valence-electron chi connectivity index (χ4n) is 9.84. The van der Waals surface area contributed by atoms with E-state index in [1.54, 1.807) is 0 Å². The molecular formula is C64H51N3O2. The van der Waals surface area contributed by atoms with Crippen molar-refractivity contribution in [2.75, 3.05) is 11.9 Å². The van der Waals surface area contributed by atoms with E-state index in [1.165, 1.54) is 40.1 Å². The number of hydrogen-bond donors (Lipinski definition) is 1. The normalized spacial score (nSPS) is 13.2. The van der Waals surface area contributed by atoms with Gasteiger partial charge in [0.2, 0.25) is 0 Å². The second kappa shape index (κ2) is 18.6. The summed E-state index contributed by atoms with van der Waals surface area (Å²) in [5.41, 5.74) is 21.8. The van der Waals surface area contributed by atoms with Gasteiger partial charge in [0.25, 0.3) is 0 Å². The van der Waals surface area contributed by atoms with Crippen LogP contribution in [0.4, 0.5) is 11.4 Å². The van der Waals surface area contributed by atoms with Gasteiger partial charge in [-0.1, -0.05) is 158 Å². The van der Waals surface area contributed by atoms with E-state index in [2.05, 4.69) is 217 Å². The van der Waals surface area contributed by atoms with Gasteiger partial charge in [0.1, 0.15) is 22.2 Å². The first kappa shape index (κ1) is 43.0. The zero-order valence-corrected chi connectivity index (χ0v) is 38.8. The lowest BCUT2D eigenvalue weighted by atomic mass is 9.97. The van der Waals surface area contributed by atoms with Gasteiger partial charge < -0.3 is 24.0 Å². The number of rotatable bonds is 5. The number of para-hydroxylation sites is 3. The SMILES string of the molecule is C=C1/C=c2/oc3ccccc3/c2=C/Cc2cc(-c3ccc4c(c3)c3cc5c(cc3n4-c3ccc(Cc4ccccc4)cc3)oc3ccccc35)ccc2N1c1ccccc1.CN.Cc1ccccc1. The van der Waals surface area contributed by atoms with Crippen molar-refractivity contribution in [3.05, 3.63) is 257 Å². The Morgan fingerprint density at radius 3 is 1.83 bits per heavy atom. The highest BCUT2D eigenvalue weighted by atomic mass is 16.3. The van der Waals surface area contributed by atoms with E-state index in [0.717, 1.165) is 101 Å². The van der Waals surface area contributed by atoms with E-state index in [4.69, 9.17) is 8.83 Å². The van der Waals surface area contributed by atoms with Crippen molar-refractivity contribution in [2.45, 2.75) is 19.8 Å². The Balaban J connectivity index is 0.000000528. The second-order valence-electron chi connectivity index (χ2n) is 17.4. The Hall–Kier alpha value is -8.64. The number of aromatic nitrogens is 1. The van der Waals surface area contributed by atoms with E-state index < -0.39 is 0 Å². The Morgan fingerprint density at radius 2 is 1.10 bits per heavy atom. The lowest BCUT2D eigenvalue weighted by Crippen LogP contribution is -2.22. The molecule has 9 aromatic carbocycles. The van der Waals surface area contributed by atoms with Crippen molar-refractivity contribution < 1.29 is 8.83 Å². The molecule has 0 saturated carbocycles. The van der Waals surface area contributed by atoms with Gasteiger partial charge in [-0.15, -0.1) is 0 Å². The van der Waals surface area contributed by atoms with Gasteiger partial charge in [0, 0.05) is 67.1 Å². The van der Waals surface area contributed by atoms with E-state index in [0.29, 0.717) is 0 Å². The summed E-state index contributed by atoms with van der Waals surface area (Å²) < 4.78 is 15.3. The molecule has 3 aromatic heterocycles. The van der Waals surface area contributed by atoms with Crippen LogP contribution in [-0.2, 0) is 12.8 Å². The number of nitrogens with two attached hydrogens (primary N) is 1. The molecule has 0 saturated heterocycles. The minimum atomic E-state index is 0.720. The molecule has 0 unspecified atom stereocenters. The van der Waals surface area contributed by atoms with Crippen molar-refractivity contribution in [3.8, 4) is 16.8 Å². The molecule has 5 nitrogen and oxygen atoms in total. The number of furan rings is 2. The van der Waals surface area contributed by atoms with Gasteiger partial charge >= 0.3 is 0 Å². The standard InChI is InChI=1S/C56H38N2O2.C7H8.CH5N/c1-36-30-55-46(44-16-8-10-18-53(44)59-55)27-22-41-32-39(23-28-50(41)57(36)42-14-6-3-7-15-42)40-24-29-51-47(33-40)48-34-49-45-17-9-11-19-54(45)60-56(49)35-52(48)58(51)43-25-20-38(21-26-43)31-37-12-4-2-5-13-37;1-7-5-3-2-4-6-7;1-2/h2-21,23-30,32-35H,1,22,31H2;2-6H,1H3;2H2,1H3/b46-27-,55-30+;;. The highest BCUT2D eigenvalue weighted by molar-refractivity contribution is 6.18. The number of anilines is 2. The highest BCUT2D eigenvalue weighted by Gasteiger charge is 2.21. The fraction of sp³-hybridized carbons (Fsp3) is 0.0625. The van der Waals surface area contributed by atoms with Crippen LogP contribution in [0, 0.1) is 6.92 Å². The number of hydrogen-bond acceptors (Lipinski definition) is 4. The van der Waals surface area contributed by atoms with Gasteiger partial charge in [0.15, 0.2) is 0 Å². The molecule has 69 heavy (non-hydrogen) atoms. The average Bonchev–Trinajstić information content (AvgIpc) is 4.06. The van der Waals surface area contributed by atoms with Crippen LogP contribution in [0.5, 0.6) is 0 Å². The summed E-state index contributed by atoms with van der Waals surface area (Å²) >= 11 is 0. The quantitative estimate of drug-likeness (QED) is 0.187. The Kier molecular flexibility index (Phi) is 11.6. The van der Waals surface area contributed by atoms with E-state index >= 15 is 0 Å². The van der Waals surface area contributed by atoms with Crippen LogP contribution in [0.3, 0.4) is 0 Å². The molecule has 2 N–H and O–H groups in total. The van der Waals surface area contributed by atoms with E-state index in [1.807, 2.05) is 36.4 Å². The molecule has 0 bridgehead atoms. The molecule has 334 valence electrons. The van der Waals surface area contributed by atoms with Crippen molar-refractivity contribution >= 4 is 78.2 Å². The van der Waals surface area contributed by atoms with Crippen LogP contribution in [0.1, 0.15) is 22.3 Å². The summed E-state index contributed by atoms with van der Waals surface area (Å²) in [5, 5.41) is 6.84. The third kappa shape index (κ3) is 8.20. The summed E-state index contributed by atoms with van der Waals surface area (Å²) in [4.78, 5) is 2.25. The van der Waals surface area contributed by atoms with Gasteiger partial charge in [-0.2, -0.15) is 0 Å². The van der Waals surface area contributed by atoms with Crippen LogP contribution in [0.25, 0.3) is 83.7 Å². The van der Waals surface area contributed by atoms with E-state index in [9.17, 15) is 0 Å². The van der Waals surface area contributed by atoms with Crippen molar-refractivity contribution in [2.24, 2.45) is 5.73 Å². The number of fused-ring (bicyclic) bond motifs is 10. The molecule has 0 atom stereocenters. The Morgan fingerprint density at radius 1 is 0.493 bits per heavy atom. The number of benzene rings is 9. The molecule has 4 heterocycles. The third-order valence-electron chi connectivity index (χ3n) is 13.1. The van der Waals surface area contributed by atoms with Gasteiger partial charge in [-0.3, -0.25) is 0 Å². The molecule has 5 heteroatoms.